The van der Waals surface area contributed by atoms with Gasteiger partial charge in [0.1, 0.15) is 0 Å². The van der Waals surface area contributed by atoms with E-state index < -0.39 is 0 Å². The van der Waals surface area contributed by atoms with Crippen molar-refractivity contribution in [1.82, 2.24) is 4.90 Å². The molecule has 2 aliphatic heterocycles. The molecule has 2 N–H and O–H groups in total. The van der Waals surface area contributed by atoms with Crippen LogP contribution in [0, 0.1) is 0 Å². The molecular formula is C27H29N3OS. The number of piperidine rings is 1. The third-order valence-electron chi connectivity index (χ3n) is 6.19. The van der Waals surface area contributed by atoms with Crippen molar-refractivity contribution in [2.45, 2.75) is 43.0 Å². The molecule has 0 bridgehead atoms. The van der Waals surface area contributed by atoms with Gasteiger partial charge >= 0.3 is 0 Å². The number of likely N-dealkylation sites (tertiary alicyclic amines) is 1. The first-order valence-corrected chi connectivity index (χ1v) is 12.3. The average molecular weight is 444 g/mol. The number of fused-ring (bicyclic) bond motifs is 1. The summed E-state index contributed by atoms with van der Waals surface area (Å²) in [5.41, 5.74) is 6.23. The molecule has 4 nitrogen and oxygen atoms in total. The Kier molecular flexibility index (Phi) is 6.19. The Bertz CT molecular complexity index is 1110. The molecule has 1 unspecified atom stereocenters. The van der Waals surface area contributed by atoms with Gasteiger partial charge in [-0.1, -0.05) is 54.6 Å². The van der Waals surface area contributed by atoms with Gasteiger partial charge in [-0.25, -0.2) is 0 Å². The number of hydrogen-bond donors (Lipinski definition) is 2. The zero-order valence-electron chi connectivity index (χ0n) is 18.4. The number of amides is 1. The highest BCUT2D eigenvalue weighted by Gasteiger charge is 2.19. The Labute approximate surface area is 194 Å². The molecule has 1 atom stereocenters. The first-order chi connectivity index (χ1) is 15.7. The molecule has 32 heavy (non-hydrogen) atoms. The van der Waals surface area contributed by atoms with E-state index in [1.807, 2.05) is 24.3 Å². The lowest BCUT2D eigenvalue weighted by atomic mass is 9.96. The number of nitrogens with zero attached hydrogens (tertiary/aromatic N) is 1. The van der Waals surface area contributed by atoms with Gasteiger partial charge in [0.2, 0.25) is 0 Å². The zero-order valence-corrected chi connectivity index (χ0v) is 19.3. The number of carbonyl (C=O) groups is 1. The number of anilines is 2. The van der Waals surface area contributed by atoms with Crippen LogP contribution in [-0.4, -0.2) is 29.3 Å². The second kappa shape index (κ2) is 9.39. The van der Waals surface area contributed by atoms with Gasteiger partial charge in [0, 0.05) is 22.7 Å². The molecule has 3 aromatic carbocycles. The van der Waals surface area contributed by atoms with E-state index in [4.69, 9.17) is 0 Å². The normalized spacial score (nSPS) is 18.1. The minimum Gasteiger partial charge on any atom is -0.372 e. The molecule has 1 saturated heterocycles. The summed E-state index contributed by atoms with van der Waals surface area (Å²) in [6.45, 7) is 5.27. The first-order valence-electron chi connectivity index (χ1n) is 11.4. The van der Waals surface area contributed by atoms with E-state index in [2.05, 4.69) is 64.9 Å². The minimum atomic E-state index is -0.0665. The van der Waals surface area contributed by atoms with Crippen LogP contribution in [0.3, 0.4) is 0 Å². The lowest BCUT2D eigenvalue weighted by molar-refractivity contribution is 0.102. The van der Waals surface area contributed by atoms with E-state index in [-0.39, 0.29) is 5.91 Å². The van der Waals surface area contributed by atoms with Crippen molar-refractivity contribution in [3.05, 3.63) is 77.9 Å². The second-order valence-corrected chi connectivity index (χ2v) is 10.0. The number of nitrogens with one attached hydrogen (secondary N) is 2. The summed E-state index contributed by atoms with van der Waals surface area (Å²) in [5, 5.41) is 6.89. The summed E-state index contributed by atoms with van der Waals surface area (Å²) in [7, 11) is 0. The van der Waals surface area contributed by atoms with Gasteiger partial charge in [0.05, 0.1) is 11.1 Å². The molecule has 1 amide bonds. The summed E-state index contributed by atoms with van der Waals surface area (Å²) >= 11 is 1.80. The Hall–Kier alpha value is -2.76. The first kappa shape index (κ1) is 21.1. The predicted molar refractivity (Wildman–Crippen MR) is 134 cm³/mol. The average Bonchev–Trinajstić information content (AvgIpc) is 3.19. The van der Waals surface area contributed by atoms with Gasteiger partial charge in [-0.15, -0.1) is 0 Å². The van der Waals surface area contributed by atoms with E-state index >= 15 is 0 Å². The number of rotatable bonds is 5. The van der Waals surface area contributed by atoms with Crippen LogP contribution in [0.25, 0.3) is 11.1 Å². The van der Waals surface area contributed by atoms with Gasteiger partial charge in [0.25, 0.3) is 5.91 Å². The second-order valence-electron chi connectivity index (χ2n) is 8.64. The molecule has 1 fully saturated rings. The number of carbonyl (C=O) groups excluding carboxylic acids is 1. The lowest BCUT2D eigenvalue weighted by Crippen LogP contribution is -2.29. The van der Waals surface area contributed by atoms with E-state index in [1.165, 1.54) is 40.8 Å². The van der Waals surface area contributed by atoms with Crippen molar-refractivity contribution in [3.8, 4) is 11.1 Å². The molecule has 5 heteroatoms. The maximum Gasteiger partial charge on any atom is 0.255 e. The summed E-state index contributed by atoms with van der Waals surface area (Å²) in [5.74, 6) is -0.0665. The van der Waals surface area contributed by atoms with Crippen LogP contribution >= 0.6 is 11.8 Å². The summed E-state index contributed by atoms with van der Waals surface area (Å²) in [4.78, 5) is 16.9. The Balaban J connectivity index is 1.40. The van der Waals surface area contributed by atoms with E-state index in [1.54, 1.807) is 11.8 Å². The van der Waals surface area contributed by atoms with Crippen LogP contribution in [-0.2, 0) is 6.54 Å². The summed E-state index contributed by atoms with van der Waals surface area (Å²) in [6, 6.07) is 22.7. The summed E-state index contributed by atoms with van der Waals surface area (Å²) in [6.07, 6.45) is 3.83. The van der Waals surface area contributed by atoms with Crippen molar-refractivity contribution in [2.24, 2.45) is 0 Å². The Morgan fingerprint density at radius 3 is 2.66 bits per heavy atom. The highest BCUT2D eigenvalue weighted by molar-refractivity contribution is 8.00. The van der Waals surface area contributed by atoms with Crippen LogP contribution in [0.4, 0.5) is 11.4 Å². The van der Waals surface area contributed by atoms with Crippen molar-refractivity contribution in [2.75, 3.05) is 23.7 Å². The largest absolute Gasteiger partial charge is 0.372 e. The van der Waals surface area contributed by atoms with Crippen molar-refractivity contribution >= 4 is 29.0 Å². The van der Waals surface area contributed by atoms with Crippen molar-refractivity contribution < 1.29 is 4.79 Å². The van der Waals surface area contributed by atoms with Gasteiger partial charge in [-0.05, 0) is 79.9 Å². The molecule has 2 heterocycles. The van der Waals surface area contributed by atoms with Crippen molar-refractivity contribution in [1.29, 1.82) is 0 Å². The highest BCUT2D eigenvalue weighted by atomic mass is 32.2. The van der Waals surface area contributed by atoms with Gasteiger partial charge in [0.15, 0.2) is 0 Å². The van der Waals surface area contributed by atoms with Crippen LogP contribution in [0.5, 0.6) is 0 Å². The van der Waals surface area contributed by atoms with Gasteiger partial charge in [-0.3, -0.25) is 9.69 Å². The minimum absolute atomic E-state index is 0.0665. The molecule has 3 aromatic rings. The Morgan fingerprint density at radius 2 is 1.84 bits per heavy atom. The fraction of sp³-hybridized carbons (Fsp3) is 0.296. The molecule has 164 valence electrons. The number of thioether (sulfide) groups is 1. The molecule has 5 rings (SSSR count). The Morgan fingerprint density at radius 1 is 1.03 bits per heavy atom. The summed E-state index contributed by atoms with van der Waals surface area (Å²) < 4.78 is 0. The maximum atomic E-state index is 13.1. The van der Waals surface area contributed by atoms with Crippen LogP contribution in [0.1, 0.15) is 42.1 Å². The van der Waals surface area contributed by atoms with E-state index in [9.17, 15) is 4.79 Å². The fourth-order valence-electron chi connectivity index (χ4n) is 4.59. The highest BCUT2D eigenvalue weighted by Crippen LogP contribution is 2.39. The quantitative estimate of drug-likeness (QED) is 0.475. The van der Waals surface area contributed by atoms with Gasteiger partial charge in [-0.2, -0.15) is 0 Å². The van der Waals surface area contributed by atoms with Crippen LogP contribution in [0.15, 0.2) is 71.6 Å². The third-order valence-corrected chi connectivity index (χ3v) is 7.28. The monoisotopic (exact) mass is 443 g/mol. The topological polar surface area (TPSA) is 44.4 Å². The lowest BCUT2D eigenvalue weighted by Gasteiger charge is -2.27. The third kappa shape index (κ3) is 4.69. The molecule has 2 aliphatic rings. The van der Waals surface area contributed by atoms with Crippen molar-refractivity contribution in [3.63, 3.8) is 0 Å². The molecule has 0 aromatic heterocycles. The van der Waals surface area contributed by atoms with E-state index in [0.717, 1.165) is 31.0 Å². The molecule has 0 spiro atoms. The molecule has 0 aliphatic carbocycles. The molecular weight excluding hydrogens is 414 g/mol. The standard InChI is InChI=1S/C27H29N3OS/c1-19-28-25-17-23(11-13-26(25)32-19)29-27(31)21-10-12-24(20-8-4-2-5-9-20)22(16-21)18-30-14-6-3-7-15-30/h2,4-5,8-13,16-17,19,28H,3,6-7,14-15,18H2,1H3,(H,29,31). The maximum absolute atomic E-state index is 13.1. The zero-order chi connectivity index (χ0) is 21.9. The number of benzene rings is 3. The molecule has 0 radical (unpaired) electrons. The van der Waals surface area contributed by atoms with Gasteiger partial charge < -0.3 is 10.6 Å². The van der Waals surface area contributed by atoms with E-state index in [0.29, 0.717) is 10.9 Å². The fourth-order valence-corrected chi connectivity index (χ4v) is 5.55. The van der Waals surface area contributed by atoms with Crippen LogP contribution in [0.2, 0.25) is 0 Å². The van der Waals surface area contributed by atoms with Crippen LogP contribution < -0.4 is 10.6 Å². The predicted octanol–water partition coefficient (Wildman–Crippen LogP) is 6.46. The molecule has 0 saturated carbocycles. The SMILES string of the molecule is CC1Nc2cc(NC(=O)c3ccc(-c4ccccc4)c(CN4CCCCC4)c3)ccc2S1. The smallest absolute Gasteiger partial charge is 0.255 e. The number of hydrogen-bond acceptors (Lipinski definition) is 4.